The standard InChI is InChI=1S/C28H23F7O4/c1-2-3-17-14-37-26(38-15-17)19-4-6-20(7-5-19)28(34,35)39-22-10-8-21(9-11-22)36-16-18-12-23(29)25(24(30)13-18)27(31,32)33/h2-13,17,26H,14-16H2,1H3/b3-2+. The number of allylic oxidation sites excluding steroid dienone is 1. The molecular weight excluding hydrogens is 533 g/mol. The second kappa shape index (κ2) is 11.7. The fraction of sp³-hybridized carbons (Fsp3) is 0.286. The molecule has 0 spiro atoms. The Kier molecular flexibility index (Phi) is 8.51. The molecule has 1 saturated heterocycles. The first kappa shape index (κ1) is 28.4. The Morgan fingerprint density at radius 2 is 1.41 bits per heavy atom. The van der Waals surface area contributed by atoms with Gasteiger partial charge >= 0.3 is 12.3 Å². The topological polar surface area (TPSA) is 36.9 Å². The summed E-state index contributed by atoms with van der Waals surface area (Å²) in [6.07, 6.45) is -5.64. The summed E-state index contributed by atoms with van der Waals surface area (Å²) < 4.78 is 116. The van der Waals surface area contributed by atoms with Crippen LogP contribution in [0.1, 0.15) is 35.5 Å². The fourth-order valence-corrected chi connectivity index (χ4v) is 3.89. The highest BCUT2D eigenvalue weighted by Crippen LogP contribution is 2.35. The number of alkyl halides is 5. The number of benzene rings is 3. The van der Waals surface area contributed by atoms with Gasteiger partial charge in [-0.05, 0) is 61.0 Å². The largest absolute Gasteiger partial charge is 0.489 e. The maximum Gasteiger partial charge on any atom is 0.426 e. The molecule has 11 heteroatoms. The molecule has 3 aromatic rings. The lowest BCUT2D eigenvalue weighted by atomic mass is 10.1. The predicted molar refractivity (Wildman–Crippen MR) is 126 cm³/mol. The highest BCUT2D eigenvalue weighted by molar-refractivity contribution is 5.34. The fourth-order valence-electron chi connectivity index (χ4n) is 3.89. The first-order valence-corrected chi connectivity index (χ1v) is 11.8. The van der Waals surface area contributed by atoms with Crippen molar-refractivity contribution in [3.05, 3.63) is 107 Å². The highest BCUT2D eigenvalue weighted by Gasteiger charge is 2.38. The van der Waals surface area contributed by atoms with E-state index in [-0.39, 0.29) is 23.0 Å². The molecule has 1 heterocycles. The van der Waals surface area contributed by atoms with Crippen LogP contribution in [0.2, 0.25) is 0 Å². The molecule has 1 aliphatic heterocycles. The summed E-state index contributed by atoms with van der Waals surface area (Å²) in [6.45, 7) is 2.34. The quantitative estimate of drug-likeness (QED) is 0.209. The minimum absolute atomic E-state index is 0.111. The van der Waals surface area contributed by atoms with E-state index < -0.39 is 47.9 Å². The first-order valence-electron chi connectivity index (χ1n) is 11.8. The van der Waals surface area contributed by atoms with E-state index in [2.05, 4.69) is 0 Å². The van der Waals surface area contributed by atoms with Crippen LogP contribution >= 0.6 is 0 Å². The van der Waals surface area contributed by atoms with Crippen molar-refractivity contribution in [2.45, 2.75) is 32.1 Å². The summed E-state index contributed by atoms with van der Waals surface area (Å²) in [6, 6.07) is 11.3. The SMILES string of the molecule is C/C=C/C1COC(c2ccc(C(F)(F)Oc3ccc(OCc4cc(F)c(C(F)(F)F)c(F)c4)cc3)cc2)OC1. The highest BCUT2D eigenvalue weighted by atomic mass is 19.4. The lowest BCUT2D eigenvalue weighted by Crippen LogP contribution is -2.26. The minimum atomic E-state index is -5.18. The van der Waals surface area contributed by atoms with Crippen LogP contribution in [0.5, 0.6) is 11.5 Å². The molecule has 1 aliphatic rings. The monoisotopic (exact) mass is 556 g/mol. The molecule has 3 aromatic carbocycles. The average Bonchev–Trinajstić information content (AvgIpc) is 2.88. The molecule has 0 aromatic heterocycles. The summed E-state index contributed by atoms with van der Waals surface area (Å²) in [5.41, 5.74) is -1.99. The zero-order valence-electron chi connectivity index (χ0n) is 20.5. The summed E-state index contributed by atoms with van der Waals surface area (Å²) in [5.74, 6) is -3.48. The van der Waals surface area contributed by atoms with Crippen LogP contribution in [0, 0.1) is 17.6 Å². The Balaban J connectivity index is 1.34. The molecule has 4 rings (SSSR count). The third-order valence-corrected chi connectivity index (χ3v) is 5.77. The number of ether oxygens (including phenoxy) is 4. The Morgan fingerprint density at radius 1 is 0.846 bits per heavy atom. The van der Waals surface area contributed by atoms with Crippen LogP contribution in [0.3, 0.4) is 0 Å². The summed E-state index contributed by atoms with van der Waals surface area (Å²) in [7, 11) is 0. The van der Waals surface area contributed by atoms with Gasteiger partial charge in [0.25, 0.3) is 0 Å². The molecular formula is C28H23F7O4. The number of hydrogen-bond acceptors (Lipinski definition) is 4. The molecule has 1 fully saturated rings. The molecule has 4 nitrogen and oxygen atoms in total. The molecule has 208 valence electrons. The molecule has 0 N–H and O–H groups in total. The van der Waals surface area contributed by atoms with E-state index >= 15 is 0 Å². The molecule has 0 atom stereocenters. The van der Waals surface area contributed by atoms with Crippen molar-refractivity contribution in [3.63, 3.8) is 0 Å². The molecule has 0 bridgehead atoms. The van der Waals surface area contributed by atoms with E-state index in [1.54, 1.807) is 0 Å². The van der Waals surface area contributed by atoms with E-state index in [0.29, 0.717) is 30.9 Å². The number of hydrogen-bond donors (Lipinski definition) is 0. The zero-order chi connectivity index (χ0) is 28.2. The van der Waals surface area contributed by atoms with Crippen molar-refractivity contribution in [1.29, 1.82) is 0 Å². The van der Waals surface area contributed by atoms with Crippen molar-refractivity contribution in [2.75, 3.05) is 13.2 Å². The molecule has 0 radical (unpaired) electrons. The lowest BCUT2D eigenvalue weighted by molar-refractivity contribution is -0.198. The second-order valence-corrected chi connectivity index (χ2v) is 8.72. The second-order valence-electron chi connectivity index (χ2n) is 8.72. The number of halogens is 7. The Bertz CT molecular complexity index is 1260. The van der Waals surface area contributed by atoms with Crippen LogP contribution < -0.4 is 9.47 Å². The van der Waals surface area contributed by atoms with Gasteiger partial charge < -0.3 is 18.9 Å². The van der Waals surface area contributed by atoms with Crippen LogP contribution in [-0.2, 0) is 28.4 Å². The van der Waals surface area contributed by atoms with E-state index in [9.17, 15) is 30.7 Å². The van der Waals surface area contributed by atoms with Crippen molar-refractivity contribution >= 4 is 0 Å². The maximum atomic E-state index is 14.7. The Morgan fingerprint density at radius 3 is 1.95 bits per heavy atom. The van der Waals surface area contributed by atoms with Crippen LogP contribution in [0.15, 0.2) is 72.8 Å². The van der Waals surface area contributed by atoms with Gasteiger partial charge in [-0.25, -0.2) is 8.78 Å². The van der Waals surface area contributed by atoms with Crippen molar-refractivity contribution < 1.29 is 49.7 Å². The van der Waals surface area contributed by atoms with Crippen LogP contribution in [-0.4, -0.2) is 13.2 Å². The summed E-state index contributed by atoms with van der Waals surface area (Å²) >= 11 is 0. The number of rotatable bonds is 8. The third-order valence-electron chi connectivity index (χ3n) is 5.77. The molecule has 0 amide bonds. The Hall–Kier alpha value is -3.57. The van der Waals surface area contributed by atoms with Crippen molar-refractivity contribution in [1.82, 2.24) is 0 Å². The van der Waals surface area contributed by atoms with E-state index in [1.165, 1.54) is 48.5 Å². The minimum Gasteiger partial charge on any atom is -0.489 e. The van der Waals surface area contributed by atoms with Gasteiger partial charge in [0.1, 0.15) is 35.3 Å². The molecule has 0 aliphatic carbocycles. The van der Waals surface area contributed by atoms with Gasteiger partial charge in [0.15, 0.2) is 6.29 Å². The average molecular weight is 556 g/mol. The molecule has 0 unspecified atom stereocenters. The van der Waals surface area contributed by atoms with Gasteiger partial charge in [-0.1, -0.05) is 24.3 Å². The predicted octanol–water partition coefficient (Wildman–Crippen LogP) is 7.93. The van der Waals surface area contributed by atoms with Gasteiger partial charge in [-0.3, -0.25) is 0 Å². The van der Waals surface area contributed by atoms with Gasteiger partial charge in [-0.15, -0.1) is 0 Å². The summed E-state index contributed by atoms with van der Waals surface area (Å²) in [4.78, 5) is 0. The van der Waals surface area contributed by atoms with Crippen LogP contribution in [0.25, 0.3) is 0 Å². The van der Waals surface area contributed by atoms with Gasteiger partial charge in [-0.2, -0.15) is 22.0 Å². The smallest absolute Gasteiger partial charge is 0.426 e. The lowest BCUT2D eigenvalue weighted by Gasteiger charge is -2.28. The molecule has 39 heavy (non-hydrogen) atoms. The first-order chi connectivity index (χ1) is 18.5. The zero-order valence-corrected chi connectivity index (χ0v) is 20.5. The maximum absolute atomic E-state index is 14.7. The normalized spacial score (nSPS) is 18.4. The third kappa shape index (κ3) is 7.10. The van der Waals surface area contributed by atoms with E-state index in [1.807, 2.05) is 19.1 Å². The molecule has 0 saturated carbocycles. The summed E-state index contributed by atoms with van der Waals surface area (Å²) in [5, 5.41) is 0. The van der Waals surface area contributed by atoms with Crippen molar-refractivity contribution in [2.24, 2.45) is 5.92 Å². The van der Waals surface area contributed by atoms with Crippen LogP contribution in [0.4, 0.5) is 30.7 Å². The van der Waals surface area contributed by atoms with Crippen molar-refractivity contribution in [3.8, 4) is 11.5 Å². The van der Waals surface area contributed by atoms with E-state index in [4.69, 9.17) is 18.9 Å². The van der Waals surface area contributed by atoms with Gasteiger partial charge in [0.2, 0.25) is 0 Å². The van der Waals surface area contributed by atoms with Gasteiger partial charge in [0.05, 0.1) is 18.8 Å². The Labute approximate surface area is 219 Å². The van der Waals surface area contributed by atoms with E-state index in [0.717, 1.165) is 0 Å². The van der Waals surface area contributed by atoms with Gasteiger partial charge in [0, 0.05) is 11.5 Å².